The van der Waals surface area contributed by atoms with Crippen molar-refractivity contribution in [3.8, 4) is 0 Å². The second-order valence-electron chi connectivity index (χ2n) is 8.56. The lowest BCUT2D eigenvalue weighted by atomic mass is 9.80. The van der Waals surface area contributed by atoms with Gasteiger partial charge in [-0.25, -0.2) is 13.4 Å². The third-order valence-corrected chi connectivity index (χ3v) is 7.64. The molecule has 4 heterocycles. The van der Waals surface area contributed by atoms with Gasteiger partial charge in [0.15, 0.2) is 0 Å². The number of amides is 1. The molecule has 162 valence electrons. The third-order valence-electron chi connectivity index (χ3n) is 6.51. The molecule has 5 rings (SSSR count). The summed E-state index contributed by atoms with van der Waals surface area (Å²) in [6.45, 7) is 0.594. The second-order valence-corrected chi connectivity index (χ2v) is 11.3. The van der Waals surface area contributed by atoms with E-state index in [-0.39, 0.29) is 18.2 Å². The predicted molar refractivity (Wildman–Crippen MR) is 120 cm³/mol. The monoisotopic (exact) mass is 458 g/mol. The Bertz CT molecular complexity index is 1300. The highest BCUT2D eigenvalue weighted by Gasteiger charge is 2.52. The number of sulfone groups is 1. The van der Waals surface area contributed by atoms with Crippen LogP contribution < -0.4 is 4.90 Å². The van der Waals surface area contributed by atoms with Crippen LogP contribution in [0.15, 0.2) is 36.8 Å². The van der Waals surface area contributed by atoms with Gasteiger partial charge in [0, 0.05) is 36.3 Å². The maximum atomic E-state index is 13.6. The number of halogens is 1. The fourth-order valence-electron chi connectivity index (χ4n) is 5.08. The molecule has 0 saturated heterocycles. The molecule has 1 fully saturated rings. The minimum atomic E-state index is -3.16. The first-order valence-electron chi connectivity index (χ1n) is 10.4. The van der Waals surface area contributed by atoms with Gasteiger partial charge in [-0.3, -0.25) is 9.78 Å². The molecule has 1 aliphatic heterocycles. The molecule has 0 atom stereocenters. The van der Waals surface area contributed by atoms with Crippen LogP contribution in [0.25, 0.3) is 11.0 Å². The van der Waals surface area contributed by atoms with Crippen molar-refractivity contribution >= 4 is 44.1 Å². The van der Waals surface area contributed by atoms with E-state index in [1.54, 1.807) is 23.5 Å². The van der Waals surface area contributed by atoms with E-state index in [9.17, 15) is 13.2 Å². The smallest absolute Gasteiger partial charge is 0.238 e. The molecule has 0 radical (unpaired) electrons. The number of carbonyl (C=O) groups excluding carboxylic acids is 1. The molecule has 1 spiro atoms. The summed E-state index contributed by atoms with van der Waals surface area (Å²) in [6.07, 6.45) is 10.1. The standard InChI is InChI=1S/C22H23ClN4O3S/c1-31(29,30)9-8-26-17(11-15-10-16(23)12-25-20(15)26)14-27-19-13-24-7-4-18(19)22(21(27)28)5-2-3-6-22/h4,7,10-13H,2-3,5-6,8-9,14H2,1H3. The molecule has 0 aromatic carbocycles. The molecule has 3 aromatic heterocycles. The molecule has 1 aliphatic carbocycles. The van der Waals surface area contributed by atoms with Crippen LogP contribution in [0.3, 0.4) is 0 Å². The van der Waals surface area contributed by atoms with Crippen molar-refractivity contribution in [3.05, 3.63) is 53.1 Å². The third kappa shape index (κ3) is 3.42. The van der Waals surface area contributed by atoms with E-state index in [0.717, 1.165) is 48.0 Å². The summed E-state index contributed by atoms with van der Waals surface area (Å²) >= 11 is 6.13. The van der Waals surface area contributed by atoms with Crippen LogP contribution in [0.2, 0.25) is 5.02 Å². The lowest BCUT2D eigenvalue weighted by Gasteiger charge is -2.24. The van der Waals surface area contributed by atoms with Crippen LogP contribution in [0, 0.1) is 0 Å². The van der Waals surface area contributed by atoms with Crippen molar-refractivity contribution in [2.45, 2.75) is 44.2 Å². The fraction of sp³-hybridized carbons (Fsp3) is 0.409. The maximum Gasteiger partial charge on any atom is 0.238 e. The van der Waals surface area contributed by atoms with E-state index in [1.165, 1.54) is 6.26 Å². The van der Waals surface area contributed by atoms with Gasteiger partial charge < -0.3 is 9.47 Å². The Morgan fingerprint density at radius 3 is 2.71 bits per heavy atom. The average molecular weight is 459 g/mol. The molecule has 0 unspecified atom stereocenters. The molecule has 0 N–H and O–H groups in total. The number of rotatable bonds is 5. The number of hydrogen-bond acceptors (Lipinski definition) is 5. The minimum Gasteiger partial charge on any atom is -0.327 e. The summed E-state index contributed by atoms with van der Waals surface area (Å²) in [6, 6.07) is 5.72. The zero-order chi connectivity index (χ0) is 21.8. The number of carbonyl (C=O) groups is 1. The highest BCUT2D eigenvalue weighted by molar-refractivity contribution is 7.90. The topological polar surface area (TPSA) is 85.2 Å². The minimum absolute atomic E-state index is 0.00981. The predicted octanol–water partition coefficient (Wildman–Crippen LogP) is 3.49. The van der Waals surface area contributed by atoms with Crippen LogP contribution in [-0.2, 0) is 33.1 Å². The summed E-state index contributed by atoms with van der Waals surface area (Å²) < 4.78 is 25.5. The molecule has 2 aliphatic rings. The number of nitrogens with zero attached hydrogens (tertiary/aromatic N) is 4. The molecule has 7 nitrogen and oxygen atoms in total. The van der Waals surface area contributed by atoms with Crippen molar-refractivity contribution in [1.82, 2.24) is 14.5 Å². The number of pyridine rings is 2. The molecule has 1 saturated carbocycles. The van der Waals surface area contributed by atoms with Gasteiger partial charge in [-0.05, 0) is 36.6 Å². The van der Waals surface area contributed by atoms with Gasteiger partial charge in [-0.1, -0.05) is 24.4 Å². The summed E-state index contributed by atoms with van der Waals surface area (Å²) in [5, 5.41) is 1.33. The van der Waals surface area contributed by atoms with Crippen LogP contribution in [0.1, 0.15) is 36.9 Å². The van der Waals surface area contributed by atoms with Crippen LogP contribution >= 0.6 is 11.6 Å². The van der Waals surface area contributed by atoms with E-state index in [2.05, 4.69) is 9.97 Å². The maximum absolute atomic E-state index is 13.6. The largest absolute Gasteiger partial charge is 0.327 e. The van der Waals surface area contributed by atoms with Gasteiger partial charge in [0.05, 0.1) is 34.6 Å². The number of hydrogen-bond donors (Lipinski definition) is 0. The van der Waals surface area contributed by atoms with Crippen molar-refractivity contribution in [1.29, 1.82) is 0 Å². The summed E-state index contributed by atoms with van der Waals surface area (Å²) in [7, 11) is -3.16. The Kier molecular flexibility index (Phi) is 4.82. The Balaban J connectivity index is 1.58. The molecular weight excluding hydrogens is 436 g/mol. The lowest BCUT2D eigenvalue weighted by molar-refractivity contribution is -0.123. The first-order valence-corrected chi connectivity index (χ1v) is 12.8. The molecule has 3 aromatic rings. The molecular formula is C22H23ClN4O3S. The zero-order valence-corrected chi connectivity index (χ0v) is 18.8. The van der Waals surface area contributed by atoms with Gasteiger partial charge in [0.2, 0.25) is 5.91 Å². The quantitative estimate of drug-likeness (QED) is 0.584. The molecule has 31 heavy (non-hydrogen) atoms. The highest BCUT2D eigenvalue weighted by Crippen LogP contribution is 2.51. The number of aryl methyl sites for hydroxylation is 1. The Labute approximate surface area is 186 Å². The van der Waals surface area contributed by atoms with Crippen molar-refractivity contribution < 1.29 is 13.2 Å². The van der Waals surface area contributed by atoms with Crippen LogP contribution in [0.4, 0.5) is 5.69 Å². The van der Waals surface area contributed by atoms with Gasteiger partial charge in [-0.15, -0.1) is 0 Å². The van der Waals surface area contributed by atoms with Gasteiger partial charge >= 0.3 is 0 Å². The first-order chi connectivity index (χ1) is 14.8. The summed E-state index contributed by atoms with van der Waals surface area (Å²) in [5.74, 6) is 0.100. The lowest BCUT2D eigenvalue weighted by Crippen LogP contribution is -2.38. The fourth-order valence-corrected chi connectivity index (χ4v) is 5.76. The Hall–Kier alpha value is -2.45. The van der Waals surface area contributed by atoms with E-state index in [4.69, 9.17) is 11.6 Å². The van der Waals surface area contributed by atoms with Crippen molar-refractivity contribution in [2.75, 3.05) is 16.9 Å². The zero-order valence-electron chi connectivity index (χ0n) is 17.2. The number of aromatic nitrogens is 3. The van der Waals surface area contributed by atoms with Crippen molar-refractivity contribution in [3.63, 3.8) is 0 Å². The Morgan fingerprint density at radius 1 is 1.19 bits per heavy atom. The van der Waals surface area contributed by atoms with Crippen LogP contribution in [0.5, 0.6) is 0 Å². The Morgan fingerprint density at radius 2 is 1.97 bits per heavy atom. The number of fused-ring (bicyclic) bond motifs is 3. The average Bonchev–Trinajstić information content (AvgIpc) is 3.39. The highest BCUT2D eigenvalue weighted by atomic mass is 35.5. The molecule has 9 heteroatoms. The second kappa shape index (κ2) is 7.31. The summed E-state index contributed by atoms with van der Waals surface area (Å²) in [4.78, 5) is 24.2. The van der Waals surface area contributed by atoms with Gasteiger partial charge in [-0.2, -0.15) is 0 Å². The SMILES string of the molecule is CS(=O)(=O)CCn1c(CN2C(=O)C3(CCCC3)c3ccncc32)cc2cc(Cl)cnc21. The van der Waals surface area contributed by atoms with E-state index >= 15 is 0 Å². The number of anilines is 1. The summed E-state index contributed by atoms with van der Waals surface area (Å²) in [5.41, 5.74) is 2.94. The van der Waals surface area contributed by atoms with Gasteiger partial charge in [0.25, 0.3) is 0 Å². The normalized spacial score (nSPS) is 17.7. The van der Waals surface area contributed by atoms with E-state index < -0.39 is 15.3 Å². The molecule has 0 bridgehead atoms. The van der Waals surface area contributed by atoms with Crippen LogP contribution in [-0.4, -0.2) is 40.9 Å². The first kappa shape index (κ1) is 20.5. The molecule has 1 amide bonds. The van der Waals surface area contributed by atoms with E-state index in [1.807, 2.05) is 22.8 Å². The van der Waals surface area contributed by atoms with Gasteiger partial charge in [0.1, 0.15) is 15.5 Å². The van der Waals surface area contributed by atoms with E-state index in [0.29, 0.717) is 17.2 Å². The van der Waals surface area contributed by atoms with Crippen molar-refractivity contribution in [2.24, 2.45) is 0 Å².